The summed E-state index contributed by atoms with van der Waals surface area (Å²) in [6.07, 6.45) is 1.55. The zero-order valence-corrected chi connectivity index (χ0v) is 12.1. The lowest BCUT2D eigenvalue weighted by Crippen LogP contribution is -2.08. The van der Waals surface area contributed by atoms with E-state index in [9.17, 15) is 4.79 Å². The predicted octanol–water partition coefficient (Wildman–Crippen LogP) is 3.75. The van der Waals surface area contributed by atoms with Crippen molar-refractivity contribution in [1.82, 2.24) is 9.55 Å². The van der Waals surface area contributed by atoms with E-state index in [1.165, 1.54) is 10.6 Å². The maximum absolute atomic E-state index is 11.1. The van der Waals surface area contributed by atoms with Crippen LogP contribution in [0.4, 0.5) is 0 Å². The van der Waals surface area contributed by atoms with E-state index < -0.39 is 5.97 Å². The first-order chi connectivity index (χ1) is 8.02. The molecule has 0 aliphatic carbocycles. The number of nitrogens with zero attached hydrogens (tertiary/aromatic N) is 2. The highest BCUT2D eigenvalue weighted by atomic mass is 79.9. The van der Waals surface area contributed by atoms with Gasteiger partial charge in [0, 0.05) is 6.20 Å². The highest BCUT2D eigenvalue weighted by Crippen LogP contribution is 2.32. The highest BCUT2D eigenvalue weighted by Gasteiger charge is 2.20. The van der Waals surface area contributed by atoms with Crippen molar-refractivity contribution in [2.24, 2.45) is 0 Å². The summed E-state index contributed by atoms with van der Waals surface area (Å²) in [6, 6.07) is 4.81. The third-order valence-corrected chi connectivity index (χ3v) is 4.28. The molecule has 17 heavy (non-hydrogen) atoms. The molecular weight excluding hydrogens is 375 g/mol. The van der Waals surface area contributed by atoms with Crippen LogP contribution in [0.1, 0.15) is 10.5 Å². The minimum absolute atomic E-state index is 0.0735. The Hall–Kier alpha value is -0.850. The average Bonchev–Trinajstić information content (AvgIpc) is 2.57. The molecule has 0 atom stereocenters. The molecule has 0 fully saturated rings. The lowest BCUT2D eigenvalue weighted by Gasteiger charge is -2.08. The first kappa shape index (κ1) is 12.6. The number of hydrogen-bond donors (Lipinski definition) is 1. The van der Waals surface area contributed by atoms with Crippen LogP contribution >= 0.6 is 43.5 Å². The van der Waals surface area contributed by atoms with Gasteiger partial charge in [0.25, 0.3) is 0 Å². The number of carboxylic acid groups (broad SMARTS) is 1. The lowest BCUT2D eigenvalue weighted by atomic mass is 10.4. The maximum atomic E-state index is 11.1. The lowest BCUT2D eigenvalue weighted by molar-refractivity contribution is 0.0688. The Kier molecular flexibility index (Phi) is 3.56. The van der Waals surface area contributed by atoms with Crippen molar-refractivity contribution < 1.29 is 9.90 Å². The van der Waals surface area contributed by atoms with Gasteiger partial charge in [-0.3, -0.25) is 4.57 Å². The number of halogens is 3. The molecule has 88 valence electrons. The number of aromatic nitrogens is 2. The molecule has 2 heterocycles. The second-order valence-corrected chi connectivity index (χ2v) is 5.13. The van der Waals surface area contributed by atoms with Crippen LogP contribution in [0.2, 0.25) is 5.02 Å². The Morgan fingerprint density at radius 2 is 2.18 bits per heavy atom. The van der Waals surface area contributed by atoms with E-state index in [1.54, 1.807) is 18.3 Å². The second-order valence-electron chi connectivity index (χ2n) is 3.12. The molecule has 2 rings (SSSR count). The van der Waals surface area contributed by atoms with E-state index >= 15 is 0 Å². The topological polar surface area (TPSA) is 55.1 Å². The molecule has 0 unspecified atom stereocenters. The third kappa shape index (κ3) is 2.25. The third-order valence-electron chi connectivity index (χ3n) is 2.07. The largest absolute Gasteiger partial charge is 0.477 e. The summed E-state index contributed by atoms with van der Waals surface area (Å²) in [4.78, 5) is 15.2. The second kappa shape index (κ2) is 4.80. The number of aromatic carboxylic acids is 1. The quantitative estimate of drug-likeness (QED) is 0.863. The van der Waals surface area contributed by atoms with Gasteiger partial charge >= 0.3 is 5.97 Å². The molecule has 7 heteroatoms. The van der Waals surface area contributed by atoms with Gasteiger partial charge in [-0.05, 0) is 50.1 Å². The van der Waals surface area contributed by atoms with Crippen molar-refractivity contribution in [2.45, 2.75) is 0 Å². The van der Waals surface area contributed by atoms with Crippen LogP contribution in [0.25, 0.3) is 5.82 Å². The Morgan fingerprint density at radius 1 is 1.47 bits per heavy atom. The van der Waals surface area contributed by atoms with Crippen LogP contribution in [-0.2, 0) is 0 Å². The molecule has 0 bridgehead atoms. The maximum Gasteiger partial charge on any atom is 0.352 e. The van der Waals surface area contributed by atoms with Crippen LogP contribution < -0.4 is 0 Å². The van der Waals surface area contributed by atoms with Gasteiger partial charge in [0.15, 0.2) is 5.82 Å². The number of hydrogen-bond acceptors (Lipinski definition) is 2. The highest BCUT2D eigenvalue weighted by molar-refractivity contribution is 9.13. The van der Waals surface area contributed by atoms with E-state index in [-0.39, 0.29) is 5.69 Å². The molecule has 0 aliphatic rings. The summed E-state index contributed by atoms with van der Waals surface area (Å²) in [6.45, 7) is 0. The fourth-order valence-electron chi connectivity index (χ4n) is 1.36. The summed E-state index contributed by atoms with van der Waals surface area (Å²) in [5.74, 6) is -0.692. The standard InChI is InChI=1S/C10H5Br2ClN2O2/c11-5-4-7(10(16)17)15(8(5)12)9-6(13)2-1-3-14-9/h1-4H,(H,16,17). The molecule has 2 aromatic heterocycles. The van der Waals surface area contributed by atoms with Crippen molar-refractivity contribution in [3.63, 3.8) is 0 Å². The Bertz CT molecular complexity index is 598. The fourth-order valence-corrected chi connectivity index (χ4v) is 2.44. The van der Waals surface area contributed by atoms with Crippen molar-refractivity contribution in [1.29, 1.82) is 0 Å². The van der Waals surface area contributed by atoms with E-state index in [2.05, 4.69) is 36.8 Å². The van der Waals surface area contributed by atoms with Gasteiger partial charge in [-0.15, -0.1) is 0 Å². The van der Waals surface area contributed by atoms with Gasteiger partial charge in [-0.1, -0.05) is 11.6 Å². The van der Waals surface area contributed by atoms with Crippen LogP contribution in [0, 0.1) is 0 Å². The minimum Gasteiger partial charge on any atom is -0.477 e. The van der Waals surface area contributed by atoms with Gasteiger partial charge in [0.05, 0.1) is 9.50 Å². The summed E-state index contributed by atoms with van der Waals surface area (Å²) in [5.41, 5.74) is 0.0735. The molecule has 0 amide bonds. The molecule has 0 saturated heterocycles. The molecule has 0 saturated carbocycles. The molecule has 0 radical (unpaired) electrons. The van der Waals surface area contributed by atoms with E-state index in [0.29, 0.717) is 19.9 Å². The van der Waals surface area contributed by atoms with E-state index in [0.717, 1.165) is 0 Å². The number of carbonyl (C=O) groups is 1. The predicted molar refractivity (Wildman–Crippen MR) is 70.9 cm³/mol. The molecule has 1 N–H and O–H groups in total. The van der Waals surface area contributed by atoms with Gasteiger partial charge in [0.1, 0.15) is 10.3 Å². The monoisotopic (exact) mass is 378 g/mol. The number of rotatable bonds is 2. The van der Waals surface area contributed by atoms with E-state index in [1.807, 2.05) is 0 Å². The SMILES string of the molecule is O=C(O)c1cc(Br)c(Br)n1-c1ncccc1Cl. The van der Waals surface area contributed by atoms with Crippen LogP contribution in [0.15, 0.2) is 33.5 Å². The summed E-state index contributed by atoms with van der Waals surface area (Å²) >= 11 is 12.6. The molecule has 4 nitrogen and oxygen atoms in total. The van der Waals surface area contributed by atoms with Crippen LogP contribution in [-0.4, -0.2) is 20.6 Å². The van der Waals surface area contributed by atoms with Crippen molar-refractivity contribution in [3.05, 3.63) is 44.2 Å². The average molecular weight is 380 g/mol. The number of carboxylic acids is 1. The molecule has 0 aliphatic heterocycles. The van der Waals surface area contributed by atoms with E-state index in [4.69, 9.17) is 16.7 Å². The smallest absolute Gasteiger partial charge is 0.352 e. The van der Waals surface area contributed by atoms with Gasteiger partial charge in [-0.25, -0.2) is 9.78 Å². The number of pyridine rings is 1. The Morgan fingerprint density at radius 3 is 2.76 bits per heavy atom. The molecule has 0 spiro atoms. The zero-order chi connectivity index (χ0) is 12.6. The first-order valence-corrected chi connectivity index (χ1v) is 6.39. The van der Waals surface area contributed by atoms with Crippen molar-refractivity contribution >= 4 is 49.4 Å². The van der Waals surface area contributed by atoms with Crippen molar-refractivity contribution in [3.8, 4) is 5.82 Å². The Balaban J connectivity index is 2.75. The molecular formula is C10H5Br2ClN2O2. The molecule has 0 aromatic carbocycles. The van der Waals surface area contributed by atoms with Gasteiger partial charge in [0.2, 0.25) is 0 Å². The van der Waals surface area contributed by atoms with Gasteiger partial charge < -0.3 is 5.11 Å². The molecule has 2 aromatic rings. The first-order valence-electron chi connectivity index (χ1n) is 4.43. The summed E-state index contributed by atoms with van der Waals surface area (Å²) in [5, 5.41) is 9.50. The fraction of sp³-hybridized carbons (Fsp3) is 0. The minimum atomic E-state index is -1.06. The Labute approximate surface area is 118 Å². The van der Waals surface area contributed by atoms with Gasteiger partial charge in [-0.2, -0.15) is 0 Å². The zero-order valence-electron chi connectivity index (χ0n) is 8.19. The van der Waals surface area contributed by atoms with Crippen LogP contribution in [0.3, 0.4) is 0 Å². The normalized spacial score (nSPS) is 10.5. The summed E-state index contributed by atoms with van der Waals surface area (Å²) < 4.78 is 2.60. The van der Waals surface area contributed by atoms with Crippen molar-refractivity contribution in [2.75, 3.05) is 0 Å². The summed E-state index contributed by atoms with van der Waals surface area (Å²) in [7, 11) is 0. The van der Waals surface area contributed by atoms with Crippen LogP contribution in [0.5, 0.6) is 0 Å².